The average molecular weight is 475 g/mol. The lowest BCUT2D eigenvalue weighted by molar-refractivity contribution is -0.0771. The first-order chi connectivity index (χ1) is 13.1. The fraction of sp³-hybridized carbons (Fsp3) is 0.579. The smallest absolute Gasteiger partial charge is 0.413 e. The Morgan fingerprint density at radius 2 is 2.29 bits per heavy atom. The quantitative estimate of drug-likeness (QED) is 0.680. The molecule has 1 aromatic rings. The van der Waals surface area contributed by atoms with Crippen molar-refractivity contribution in [2.24, 2.45) is 10.9 Å². The lowest BCUT2D eigenvalue weighted by Crippen LogP contribution is -2.52. The van der Waals surface area contributed by atoms with Gasteiger partial charge in [0, 0.05) is 21.7 Å². The molecule has 0 aromatic heterocycles. The highest BCUT2D eigenvalue weighted by Crippen LogP contribution is 2.47. The number of rotatable bonds is 2. The Hall–Kier alpha value is -1.16. The van der Waals surface area contributed by atoms with Crippen LogP contribution >= 0.6 is 27.7 Å². The van der Waals surface area contributed by atoms with Gasteiger partial charge in [-0.25, -0.2) is 14.2 Å². The van der Waals surface area contributed by atoms with Crippen LogP contribution in [0.4, 0.5) is 9.18 Å². The molecule has 0 saturated carbocycles. The first-order valence-corrected chi connectivity index (χ1v) is 10.8. The third-order valence-electron chi connectivity index (χ3n) is 4.69. The van der Waals surface area contributed by atoms with Crippen molar-refractivity contribution < 1.29 is 23.8 Å². The molecule has 3 atom stereocenters. The highest BCUT2D eigenvalue weighted by Gasteiger charge is 2.49. The van der Waals surface area contributed by atoms with E-state index in [9.17, 15) is 14.3 Å². The van der Waals surface area contributed by atoms with Crippen molar-refractivity contribution in [2.45, 2.75) is 44.4 Å². The van der Waals surface area contributed by atoms with Gasteiger partial charge in [0.05, 0.1) is 19.3 Å². The second-order valence-electron chi connectivity index (χ2n) is 7.95. The lowest BCUT2D eigenvalue weighted by atomic mass is 9.75. The second kappa shape index (κ2) is 8.30. The molecule has 2 aliphatic rings. The van der Waals surface area contributed by atoms with Gasteiger partial charge < -0.3 is 14.6 Å². The summed E-state index contributed by atoms with van der Waals surface area (Å²) in [5.74, 6) is 0.184. The molecule has 0 unspecified atom stereocenters. The van der Waals surface area contributed by atoms with Crippen LogP contribution in [-0.4, -0.2) is 47.0 Å². The molecule has 2 aliphatic heterocycles. The predicted molar refractivity (Wildman–Crippen MR) is 110 cm³/mol. The lowest BCUT2D eigenvalue weighted by Gasteiger charge is -2.46. The zero-order valence-electron chi connectivity index (χ0n) is 16.0. The van der Waals surface area contributed by atoms with Crippen LogP contribution in [0.3, 0.4) is 0 Å². The Bertz CT molecular complexity index is 786. The summed E-state index contributed by atoms with van der Waals surface area (Å²) in [5, 5.41) is 12.5. The van der Waals surface area contributed by atoms with E-state index in [-0.39, 0.29) is 31.1 Å². The molecule has 154 valence electrons. The van der Waals surface area contributed by atoms with E-state index in [2.05, 4.69) is 21.2 Å². The molecule has 2 N–H and O–H groups in total. The number of nitrogens with zero attached hydrogens (tertiary/aromatic N) is 1. The normalized spacial score (nSPS) is 27.6. The van der Waals surface area contributed by atoms with Crippen molar-refractivity contribution in [3.8, 4) is 0 Å². The van der Waals surface area contributed by atoms with Crippen LogP contribution in [0.2, 0.25) is 0 Å². The SMILES string of the molecule is CC(C)(C)OC(=O)NC1=N[C@@]2(c3cc(Br)ccc3F)CO[C@@H](CO)C[C@H]2CS1. The van der Waals surface area contributed by atoms with E-state index in [4.69, 9.17) is 14.5 Å². The highest BCUT2D eigenvalue weighted by atomic mass is 79.9. The molecule has 9 heteroatoms. The summed E-state index contributed by atoms with van der Waals surface area (Å²) in [7, 11) is 0. The fourth-order valence-electron chi connectivity index (χ4n) is 3.43. The first-order valence-electron chi connectivity index (χ1n) is 9.03. The van der Waals surface area contributed by atoms with E-state index in [0.717, 1.165) is 4.47 Å². The van der Waals surface area contributed by atoms with E-state index < -0.39 is 17.2 Å². The van der Waals surface area contributed by atoms with Gasteiger partial charge >= 0.3 is 6.09 Å². The van der Waals surface area contributed by atoms with Crippen molar-refractivity contribution in [3.05, 3.63) is 34.1 Å². The first kappa shape index (κ1) is 21.5. The van der Waals surface area contributed by atoms with Crippen LogP contribution in [0.1, 0.15) is 32.8 Å². The molecular formula is C19H24BrFN2O4S. The Kier molecular flexibility index (Phi) is 6.38. The van der Waals surface area contributed by atoms with Gasteiger partial charge in [-0.15, -0.1) is 0 Å². The van der Waals surface area contributed by atoms with Crippen LogP contribution in [0.25, 0.3) is 0 Å². The number of aliphatic hydroxyl groups is 1. The molecule has 2 heterocycles. The van der Waals surface area contributed by atoms with Crippen LogP contribution in [0.5, 0.6) is 0 Å². The number of alkyl carbamates (subject to hydrolysis) is 1. The highest BCUT2D eigenvalue weighted by molar-refractivity contribution is 9.10. The van der Waals surface area contributed by atoms with Crippen molar-refractivity contribution in [3.63, 3.8) is 0 Å². The van der Waals surface area contributed by atoms with Gasteiger partial charge in [0.2, 0.25) is 0 Å². The molecule has 6 nitrogen and oxygen atoms in total. The van der Waals surface area contributed by atoms with Crippen molar-refractivity contribution in [1.82, 2.24) is 5.32 Å². The number of ether oxygens (including phenoxy) is 2. The number of hydrogen-bond donors (Lipinski definition) is 2. The number of halogens is 2. The summed E-state index contributed by atoms with van der Waals surface area (Å²) in [6, 6.07) is 4.73. The summed E-state index contributed by atoms with van der Waals surface area (Å²) in [4.78, 5) is 16.9. The number of fused-ring (bicyclic) bond motifs is 1. The third kappa shape index (κ3) is 4.69. The standard InChI is InChI=1S/C19H24BrFN2O4S/c1-18(2,3)27-17(25)22-16-23-19(14-7-12(20)4-5-15(14)21)10-26-13(8-24)6-11(19)9-28-16/h4-5,7,11,13,24H,6,8-10H2,1-3H3,(H,22,23,25)/t11-,13+,19-/m0/s1. The number of aliphatic hydroxyl groups excluding tert-OH is 1. The Balaban J connectivity index is 1.97. The molecule has 0 aliphatic carbocycles. The molecule has 28 heavy (non-hydrogen) atoms. The van der Waals surface area contributed by atoms with Gasteiger partial charge in [-0.1, -0.05) is 27.7 Å². The van der Waals surface area contributed by atoms with Crippen LogP contribution < -0.4 is 5.32 Å². The zero-order chi connectivity index (χ0) is 20.5. The Morgan fingerprint density at radius 3 is 2.96 bits per heavy atom. The molecule has 0 spiro atoms. The summed E-state index contributed by atoms with van der Waals surface area (Å²) < 4.78 is 26.6. The van der Waals surface area contributed by atoms with Gasteiger partial charge in [-0.2, -0.15) is 0 Å². The minimum Gasteiger partial charge on any atom is -0.444 e. The summed E-state index contributed by atoms with van der Waals surface area (Å²) in [6.07, 6.45) is -0.352. The number of benzene rings is 1. The molecule has 1 saturated heterocycles. The zero-order valence-corrected chi connectivity index (χ0v) is 18.4. The maximum Gasteiger partial charge on any atom is 0.413 e. The Morgan fingerprint density at radius 1 is 1.54 bits per heavy atom. The predicted octanol–water partition coefficient (Wildman–Crippen LogP) is 3.81. The maximum absolute atomic E-state index is 14.8. The number of nitrogens with one attached hydrogen (secondary N) is 1. The van der Waals surface area contributed by atoms with Gasteiger partial charge in [0.1, 0.15) is 17.0 Å². The topological polar surface area (TPSA) is 80.2 Å². The fourth-order valence-corrected chi connectivity index (χ4v) is 4.95. The van der Waals surface area contributed by atoms with E-state index in [1.807, 2.05) is 0 Å². The second-order valence-corrected chi connectivity index (χ2v) is 9.88. The average Bonchev–Trinajstić information content (AvgIpc) is 2.61. The molecule has 0 bridgehead atoms. The van der Waals surface area contributed by atoms with Crippen molar-refractivity contribution >= 4 is 39.0 Å². The van der Waals surface area contributed by atoms with Gasteiger partial charge in [-0.05, 0) is 45.4 Å². The third-order valence-corrected chi connectivity index (χ3v) is 6.22. The molecular weight excluding hydrogens is 451 g/mol. The number of aliphatic imine (C=N–C) groups is 1. The number of carbonyl (C=O) groups excluding carboxylic acids is 1. The van der Waals surface area contributed by atoms with Crippen molar-refractivity contribution in [1.29, 1.82) is 0 Å². The van der Waals surface area contributed by atoms with Crippen LogP contribution in [-0.2, 0) is 15.0 Å². The van der Waals surface area contributed by atoms with E-state index in [0.29, 0.717) is 22.9 Å². The molecule has 0 radical (unpaired) electrons. The number of hydrogen-bond acceptors (Lipinski definition) is 6. The van der Waals surface area contributed by atoms with Crippen molar-refractivity contribution in [2.75, 3.05) is 19.0 Å². The minimum atomic E-state index is -0.977. The number of thioether (sulfide) groups is 1. The Labute approximate surface area is 176 Å². The van der Waals surface area contributed by atoms with Crippen LogP contribution in [0.15, 0.2) is 27.7 Å². The van der Waals surface area contributed by atoms with Gasteiger partial charge in [-0.3, -0.25) is 5.32 Å². The number of amides is 1. The molecule has 1 aromatic carbocycles. The van der Waals surface area contributed by atoms with Gasteiger partial charge in [0.15, 0.2) is 5.17 Å². The van der Waals surface area contributed by atoms with E-state index in [1.165, 1.54) is 17.8 Å². The minimum absolute atomic E-state index is 0.0450. The molecule has 3 rings (SSSR count). The molecule has 1 fully saturated rings. The summed E-state index contributed by atoms with van der Waals surface area (Å²) >= 11 is 4.78. The largest absolute Gasteiger partial charge is 0.444 e. The van der Waals surface area contributed by atoms with Gasteiger partial charge in [0.25, 0.3) is 0 Å². The summed E-state index contributed by atoms with van der Waals surface area (Å²) in [6.45, 7) is 5.36. The van der Waals surface area contributed by atoms with E-state index >= 15 is 0 Å². The maximum atomic E-state index is 14.8. The number of amidine groups is 1. The van der Waals surface area contributed by atoms with Crippen LogP contribution in [0, 0.1) is 11.7 Å². The number of carbonyl (C=O) groups is 1. The molecule has 1 amide bonds. The summed E-state index contributed by atoms with van der Waals surface area (Å²) in [5.41, 5.74) is -1.20. The van der Waals surface area contributed by atoms with E-state index in [1.54, 1.807) is 32.9 Å². The monoisotopic (exact) mass is 474 g/mol.